The molecule has 0 fully saturated rings. The third-order valence-electron chi connectivity index (χ3n) is 1.93. The maximum absolute atomic E-state index is 12.7. The van der Waals surface area contributed by atoms with E-state index in [2.05, 4.69) is 6.58 Å². The van der Waals surface area contributed by atoms with Gasteiger partial charge in [-0.15, -0.1) is 0 Å². The van der Waals surface area contributed by atoms with Crippen molar-refractivity contribution in [1.29, 1.82) is 0 Å². The van der Waals surface area contributed by atoms with Crippen LogP contribution in [0.3, 0.4) is 0 Å². The highest BCUT2D eigenvalue weighted by Gasteiger charge is 2.76. The molecule has 0 saturated heterocycles. The molecule has 0 bridgehead atoms. The van der Waals surface area contributed by atoms with E-state index in [0.717, 1.165) is 0 Å². The van der Waals surface area contributed by atoms with Crippen molar-refractivity contribution in [3.8, 4) is 0 Å². The standard InChI is InChI=1S/C8H5F11O2/c1-2-4(10,11)3(9)5(12,13)21-8(18,19)6(14,20)7(15,16)17/h2-3,20H,1H2. The Morgan fingerprint density at radius 2 is 1.29 bits per heavy atom. The number of halogens is 11. The van der Waals surface area contributed by atoms with Crippen LogP contribution in [0.5, 0.6) is 0 Å². The highest BCUT2D eigenvalue weighted by Crippen LogP contribution is 2.48. The number of ether oxygens (including phenoxy) is 1. The Morgan fingerprint density at radius 1 is 0.905 bits per heavy atom. The lowest BCUT2D eigenvalue weighted by atomic mass is 10.2. The summed E-state index contributed by atoms with van der Waals surface area (Å²) in [6.45, 7) is 2.18. The molecule has 2 atom stereocenters. The predicted octanol–water partition coefficient (Wildman–Crippen LogP) is 3.57. The highest BCUT2D eigenvalue weighted by molar-refractivity contribution is 4.98. The van der Waals surface area contributed by atoms with Crippen LogP contribution in [0.4, 0.5) is 48.3 Å². The third kappa shape index (κ3) is 3.75. The fourth-order valence-electron chi connectivity index (χ4n) is 0.783. The van der Waals surface area contributed by atoms with E-state index in [-0.39, 0.29) is 0 Å². The van der Waals surface area contributed by atoms with E-state index in [0.29, 0.717) is 0 Å². The van der Waals surface area contributed by atoms with Gasteiger partial charge in [-0.2, -0.15) is 43.9 Å². The first-order chi connectivity index (χ1) is 8.92. The first-order valence-electron chi connectivity index (χ1n) is 4.51. The molecule has 0 aromatic heterocycles. The summed E-state index contributed by atoms with van der Waals surface area (Å²) < 4.78 is 137. The fourth-order valence-corrected chi connectivity index (χ4v) is 0.783. The lowest BCUT2D eigenvalue weighted by Gasteiger charge is -2.33. The van der Waals surface area contributed by atoms with Crippen LogP contribution in [0.15, 0.2) is 12.7 Å². The molecule has 2 nitrogen and oxygen atoms in total. The molecule has 0 aliphatic heterocycles. The largest absolute Gasteiger partial charge is 0.457 e. The van der Waals surface area contributed by atoms with Crippen molar-refractivity contribution in [2.75, 3.05) is 0 Å². The van der Waals surface area contributed by atoms with E-state index in [1.165, 1.54) is 0 Å². The van der Waals surface area contributed by atoms with Gasteiger partial charge in [0.1, 0.15) is 0 Å². The Kier molecular flexibility index (Phi) is 4.99. The quantitative estimate of drug-likeness (QED) is 0.591. The normalized spacial score (nSPS) is 19.0. The first-order valence-corrected chi connectivity index (χ1v) is 4.51. The summed E-state index contributed by atoms with van der Waals surface area (Å²) in [6, 6.07) is 0. The molecule has 1 N–H and O–H groups in total. The monoisotopic (exact) mass is 342 g/mol. The summed E-state index contributed by atoms with van der Waals surface area (Å²) in [4.78, 5) is 0. The van der Waals surface area contributed by atoms with Crippen LogP contribution in [-0.4, -0.2) is 41.4 Å². The molecule has 0 aromatic rings. The lowest BCUT2D eigenvalue weighted by molar-refractivity contribution is -0.498. The Balaban J connectivity index is 5.49. The molecule has 0 aliphatic rings. The average Bonchev–Trinajstić information content (AvgIpc) is 2.24. The Labute approximate surface area is 108 Å². The Morgan fingerprint density at radius 3 is 1.57 bits per heavy atom. The van der Waals surface area contributed by atoms with Crippen LogP contribution in [0.1, 0.15) is 0 Å². The lowest BCUT2D eigenvalue weighted by Crippen LogP contribution is -2.60. The first kappa shape index (κ1) is 19.9. The molecule has 2 unspecified atom stereocenters. The van der Waals surface area contributed by atoms with Gasteiger partial charge in [-0.3, -0.25) is 0 Å². The van der Waals surface area contributed by atoms with Crippen LogP contribution in [0.25, 0.3) is 0 Å². The summed E-state index contributed by atoms with van der Waals surface area (Å²) in [7, 11) is 0. The van der Waals surface area contributed by atoms with Crippen molar-refractivity contribution < 1.29 is 58.1 Å². The second kappa shape index (κ2) is 5.26. The number of alkyl halides is 11. The van der Waals surface area contributed by atoms with Gasteiger partial charge in [-0.1, -0.05) is 6.58 Å². The minimum absolute atomic E-state index is 0.765. The number of aliphatic hydroxyl groups is 1. The van der Waals surface area contributed by atoms with Crippen LogP contribution in [-0.2, 0) is 4.74 Å². The van der Waals surface area contributed by atoms with Crippen molar-refractivity contribution in [2.45, 2.75) is 36.3 Å². The molecule has 126 valence electrons. The predicted molar refractivity (Wildman–Crippen MR) is 43.1 cm³/mol. The van der Waals surface area contributed by atoms with Crippen molar-refractivity contribution in [3.63, 3.8) is 0 Å². The second-order valence-electron chi connectivity index (χ2n) is 3.54. The van der Waals surface area contributed by atoms with E-state index in [1.54, 1.807) is 0 Å². The van der Waals surface area contributed by atoms with Gasteiger partial charge in [0.25, 0.3) is 6.17 Å². The fraction of sp³-hybridized carbons (Fsp3) is 0.750. The smallest absolute Gasteiger partial charge is 0.348 e. The third-order valence-corrected chi connectivity index (χ3v) is 1.93. The summed E-state index contributed by atoms with van der Waals surface area (Å²) in [6.07, 6.45) is -25.6. The molecule has 21 heavy (non-hydrogen) atoms. The van der Waals surface area contributed by atoms with Gasteiger partial charge >= 0.3 is 30.2 Å². The molecule has 0 heterocycles. The molecular formula is C8H5F11O2. The maximum atomic E-state index is 12.7. The van der Waals surface area contributed by atoms with Gasteiger partial charge < -0.3 is 5.11 Å². The van der Waals surface area contributed by atoms with Crippen molar-refractivity contribution in [1.82, 2.24) is 0 Å². The van der Waals surface area contributed by atoms with Crippen molar-refractivity contribution >= 4 is 0 Å². The molecule has 0 amide bonds. The van der Waals surface area contributed by atoms with E-state index >= 15 is 0 Å². The zero-order valence-electron chi connectivity index (χ0n) is 9.37. The van der Waals surface area contributed by atoms with E-state index in [9.17, 15) is 48.3 Å². The van der Waals surface area contributed by atoms with Gasteiger partial charge in [0.15, 0.2) is 0 Å². The highest BCUT2D eigenvalue weighted by atomic mass is 19.4. The maximum Gasteiger partial charge on any atom is 0.457 e. The van der Waals surface area contributed by atoms with Crippen LogP contribution < -0.4 is 0 Å². The van der Waals surface area contributed by atoms with E-state index < -0.39 is 42.4 Å². The van der Waals surface area contributed by atoms with Gasteiger partial charge in [-0.05, 0) is 6.08 Å². The van der Waals surface area contributed by atoms with E-state index in [1.807, 2.05) is 4.74 Å². The molecule has 0 saturated carbocycles. The summed E-state index contributed by atoms with van der Waals surface area (Å²) >= 11 is 0. The zero-order valence-corrected chi connectivity index (χ0v) is 9.37. The molecular weight excluding hydrogens is 337 g/mol. The van der Waals surface area contributed by atoms with E-state index in [4.69, 9.17) is 5.11 Å². The van der Waals surface area contributed by atoms with Crippen molar-refractivity contribution in [2.24, 2.45) is 0 Å². The van der Waals surface area contributed by atoms with Gasteiger partial charge in [0, 0.05) is 0 Å². The molecule has 0 spiro atoms. The molecule has 0 rings (SSSR count). The number of hydrogen-bond donors (Lipinski definition) is 1. The molecule has 0 aliphatic carbocycles. The van der Waals surface area contributed by atoms with Gasteiger partial charge in [-0.25, -0.2) is 9.13 Å². The topological polar surface area (TPSA) is 29.5 Å². The number of hydrogen-bond acceptors (Lipinski definition) is 2. The molecule has 0 radical (unpaired) electrons. The summed E-state index contributed by atoms with van der Waals surface area (Å²) in [5.74, 6) is -11.9. The Bertz CT molecular complexity index is 386. The van der Waals surface area contributed by atoms with Crippen LogP contribution in [0, 0.1) is 0 Å². The van der Waals surface area contributed by atoms with Gasteiger partial charge in [0.2, 0.25) is 0 Å². The molecule has 0 aromatic carbocycles. The van der Waals surface area contributed by atoms with Crippen molar-refractivity contribution in [3.05, 3.63) is 12.7 Å². The zero-order chi connectivity index (χ0) is 17.5. The van der Waals surface area contributed by atoms with Crippen LogP contribution in [0.2, 0.25) is 0 Å². The SMILES string of the molecule is C=CC(F)(F)C(F)C(F)(F)OC(F)(F)C(O)(F)C(F)(F)F. The minimum Gasteiger partial charge on any atom is -0.348 e. The molecule has 13 heteroatoms. The second-order valence-corrected chi connectivity index (χ2v) is 3.54. The summed E-state index contributed by atoms with van der Waals surface area (Å²) in [5.41, 5.74) is 0. The number of rotatable bonds is 6. The number of allylic oxidation sites excluding steroid dienone is 1. The minimum atomic E-state index is -6.83. The van der Waals surface area contributed by atoms with Crippen LogP contribution >= 0.6 is 0 Å². The average molecular weight is 342 g/mol. The Hall–Kier alpha value is -1.11. The summed E-state index contributed by atoms with van der Waals surface area (Å²) in [5, 5.41) is 7.85. The van der Waals surface area contributed by atoms with Gasteiger partial charge in [0.05, 0.1) is 0 Å².